The van der Waals surface area contributed by atoms with E-state index in [2.05, 4.69) is 45.1 Å². The van der Waals surface area contributed by atoms with Crippen molar-refractivity contribution in [1.82, 2.24) is 15.1 Å². The molecule has 1 saturated heterocycles. The van der Waals surface area contributed by atoms with Gasteiger partial charge in [0.2, 0.25) is 0 Å². The highest BCUT2D eigenvalue weighted by atomic mass is 79.9. The molecular formula is C14H23BrN4O. The highest BCUT2D eigenvalue weighted by Gasteiger charge is 2.23. The van der Waals surface area contributed by atoms with E-state index >= 15 is 0 Å². The van der Waals surface area contributed by atoms with Crippen molar-refractivity contribution in [2.45, 2.75) is 52.2 Å². The van der Waals surface area contributed by atoms with E-state index in [4.69, 9.17) is 0 Å². The molecule has 0 aromatic carbocycles. The first-order valence-corrected chi connectivity index (χ1v) is 8.09. The summed E-state index contributed by atoms with van der Waals surface area (Å²) in [5.74, 6) is 0. The molecule has 1 aromatic rings. The van der Waals surface area contributed by atoms with Crippen molar-refractivity contribution in [3.63, 3.8) is 0 Å². The van der Waals surface area contributed by atoms with Crippen molar-refractivity contribution in [3.8, 4) is 0 Å². The third-order valence-electron chi connectivity index (χ3n) is 3.78. The molecule has 1 fully saturated rings. The lowest BCUT2D eigenvalue weighted by Gasteiger charge is -2.32. The van der Waals surface area contributed by atoms with Crippen molar-refractivity contribution in [2.75, 3.05) is 18.0 Å². The van der Waals surface area contributed by atoms with Crippen LogP contribution in [0.25, 0.3) is 0 Å². The van der Waals surface area contributed by atoms with Gasteiger partial charge in [0.05, 0.1) is 11.9 Å². The van der Waals surface area contributed by atoms with Crippen LogP contribution >= 0.6 is 15.9 Å². The van der Waals surface area contributed by atoms with Crippen LogP contribution in [0.3, 0.4) is 0 Å². The van der Waals surface area contributed by atoms with Gasteiger partial charge in [-0.15, -0.1) is 0 Å². The first kappa shape index (κ1) is 15.5. The van der Waals surface area contributed by atoms with E-state index in [0.717, 1.165) is 18.8 Å². The zero-order valence-electron chi connectivity index (χ0n) is 12.4. The monoisotopic (exact) mass is 342 g/mol. The van der Waals surface area contributed by atoms with Gasteiger partial charge in [0.15, 0.2) is 0 Å². The van der Waals surface area contributed by atoms with Crippen LogP contribution in [-0.2, 0) is 6.54 Å². The minimum atomic E-state index is -0.0602. The summed E-state index contributed by atoms with van der Waals surface area (Å²) in [6, 6.07) is 0.824. The standard InChI is InChI=1S/C14H23BrN4O/c1-4-19-14(20)13(15)12(8-17-19)18(10(2)3)9-11-6-5-7-16-11/h8,10-11,16H,4-7,9H2,1-3H3. The van der Waals surface area contributed by atoms with E-state index in [1.54, 1.807) is 6.20 Å². The fourth-order valence-corrected chi connectivity index (χ4v) is 3.15. The van der Waals surface area contributed by atoms with Gasteiger partial charge in [-0.2, -0.15) is 5.10 Å². The molecule has 112 valence electrons. The number of aromatic nitrogens is 2. The molecule has 5 nitrogen and oxygen atoms in total. The molecule has 1 atom stereocenters. The lowest BCUT2D eigenvalue weighted by atomic mass is 10.2. The Balaban J connectivity index is 2.29. The molecule has 20 heavy (non-hydrogen) atoms. The first-order valence-electron chi connectivity index (χ1n) is 7.30. The Morgan fingerprint density at radius 2 is 2.35 bits per heavy atom. The molecule has 1 N–H and O–H groups in total. The van der Waals surface area contributed by atoms with E-state index in [0.29, 0.717) is 23.1 Å². The minimum Gasteiger partial charge on any atom is -0.365 e. The molecule has 0 spiro atoms. The number of hydrogen-bond donors (Lipinski definition) is 1. The fourth-order valence-electron chi connectivity index (χ4n) is 2.62. The van der Waals surface area contributed by atoms with Crippen molar-refractivity contribution in [3.05, 3.63) is 21.0 Å². The molecule has 0 amide bonds. The highest BCUT2D eigenvalue weighted by molar-refractivity contribution is 9.10. The Kier molecular flexibility index (Phi) is 5.21. The lowest BCUT2D eigenvalue weighted by molar-refractivity contribution is 0.546. The smallest absolute Gasteiger partial charge is 0.283 e. The van der Waals surface area contributed by atoms with Crippen molar-refractivity contribution >= 4 is 21.6 Å². The van der Waals surface area contributed by atoms with Crippen LogP contribution in [0.4, 0.5) is 5.69 Å². The molecule has 0 bridgehead atoms. The second-order valence-electron chi connectivity index (χ2n) is 5.50. The summed E-state index contributed by atoms with van der Waals surface area (Å²) in [4.78, 5) is 14.4. The zero-order chi connectivity index (χ0) is 14.7. The van der Waals surface area contributed by atoms with Crippen LogP contribution in [0.15, 0.2) is 15.5 Å². The van der Waals surface area contributed by atoms with Gasteiger partial charge in [-0.05, 0) is 56.1 Å². The normalized spacial score (nSPS) is 18.8. The fraction of sp³-hybridized carbons (Fsp3) is 0.714. The van der Waals surface area contributed by atoms with Crippen LogP contribution in [0.5, 0.6) is 0 Å². The summed E-state index contributed by atoms with van der Waals surface area (Å²) in [5.41, 5.74) is 0.832. The third-order valence-corrected chi connectivity index (χ3v) is 4.52. The largest absolute Gasteiger partial charge is 0.365 e. The molecule has 0 aliphatic carbocycles. The van der Waals surface area contributed by atoms with Crippen molar-refractivity contribution in [2.24, 2.45) is 0 Å². The van der Waals surface area contributed by atoms with Crippen LogP contribution in [0.1, 0.15) is 33.6 Å². The van der Waals surface area contributed by atoms with Gasteiger partial charge in [-0.3, -0.25) is 4.79 Å². The number of rotatable bonds is 5. The molecule has 0 saturated carbocycles. The van der Waals surface area contributed by atoms with Crippen molar-refractivity contribution < 1.29 is 0 Å². The average molecular weight is 343 g/mol. The molecule has 1 aliphatic rings. The highest BCUT2D eigenvalue weighted by Crippen LogP contribution is 2.24. The Hall–Kier alpha value is -0.880. The van der Waals surface area contributed by atoms with Gasteiger partial charge in [-0.1, -0.05) is 0 Å². The van der Waals surface area contributed by atoms with Gasteiger partial charge in [0.25, 0.3) is 5.56 Å². The number of anilines is 1. The molecule has 6 heteroatoms. The summed E-state index contributed by atoms with van der Waals surface area (Å²) < 4.78 is 2.08. The van der Waals surface area contributed by atoms with Crippen LogP contribution in [0.2, 0.25) is 0 Å². The van der Waals surface area contributed by atoms with Crippen LogP contribution in [-0.4, -0.2) is 35.0 Å². The predicted molar refractivity (Wildman–Crippen MR) is 85.4 cm³/mol. The summed E-state index contributed by atoms with van der Waals surface area (Å²) in [6.45, 7) is 8.80. The Morgan fingerprint density at radius 3 is 2.90 bits per heavy atom. The number of hydrogen-bond acceptors (Lipinski definition) is 4. The van der Waals surface area contributed by atoms with Gasteiger partial charge >= 0.3 is 0 Å². The predicted octanol–water partition coefficient (Wildman–Crippen LogP) is 1.99. The molecule has 0 radical (unpaired) electrons. The Bertz CT molecular complexity index is 508. The van der Waals surface area contributed by atoms with E-state index in [-0.39, 0.29) is 5.56 Å². The maximum absolute atomic E-state index is 12.2. The van der Waals surface area contributed by atoms with E-state index < -0.39 is 0 Å². The maximum atomic E-state index is 12.2. The summed E-state index contributed by atoms with van der Waals surface area (Å²) in [5, 5.41) is 7.76. The molecule has 1 unspecified atom stereocenters. The topological polar surface area (TPSA) is 50.2 Å². The van der Waals surface area contributed by atoms with Gasteiger partial charge < -0.3 is 10.2 Å². The van der Waals surface area contributed by atoms with E-state index in [9.17, 15) is 4.79 Å². The van der Waals surface area contributed by atoms with Crippen LogP contribution in [0, 0.1) is 0 Å². The summed E-state index contributed by atoms with van der Waals surface area (Å²) in [6.07, 6.45) is 4.22. The molecule has 2 heterocycles. The zero-order valence-corrected chi connectivity index (χ0v) is 14.0. The van der Waals surface area contributed by atoms with E-state index in [1.165, 1.54) is 17.5 Å². The summed E-state index contributed by atoms with van der Waals surface area (Å²) in [7, 11) is 0. The second kappa shape index (κ2) is 6.72. The molecular weight excluding hydrogens is 320 g/mol. The molecule has 1 aliphatic heterocycles. The van der Waals surface area contributed by atoms with Crippen molar-refractivity contribution in [1.29, 1.82) is 0 Å². The van der Waals surface area contributed by atoms with Gasteiger partial charge in [-0.25, -0.2) is 4.68 Å². The minimum absolute atomic E-state index is 0.0602. The Morgan fingerprint density at radius 1 is 1.60 bits per heavy atom. The second-order valence-corrected chi connectivity index (χ2v) is 6.30. The van der Waals surface area contributed by atoms with Gasteiger partial charge in [0.1, 0.15) is 4.47 Å². The van der Waals surface area contributed by atoms with E-state index in [1.807, 2.05) is 6.92 Å². The summed E-state index contributed by atoms with van der Waals surface area (Å²) >= 11 is 3.45. The lowest BCUT2D eigenvalue weighted by Crippen LogP contribution is -2.42. The van der Waals surface area contributed by atoms with Crippen LogP contribution < -0.4 is 15.8 Å². The number of halogens is 1. The third kappa shape index (κ3) is 3.23. The molecule has 1 aromatic heterocycles. The Labute approximate surface area is 128 Å². The average Bonchev–Trinajstić information content (AvgIpc) is 2.92. The quantitative estimate of drug-likeness (QED) is 0.888. The number of nitrogens with zero attached hydrogens (tertiary/aromatic N) is 3. The van der Waals surface area contributed by atoms with Gasteiger partial charge in [0, 0.05) is 25.2 Å². The first-order chi connectivity index (χ1) is 9.54. The maximum Gasteiger partial charge on any atom is 0.283 e. The SMILES string of the molecule is CCn1ncc(N(CC2CCCN2)C(C)C)c(Br)c1=O. The molecule has 2 rings (SSSR count). The number of nitrogens with one attached hydrogen (secondary N) is 1. The number of aryl methyl sites for hydroxylation is 1.